The standard InChI is InChI=1S/C13H21N3O2/c1-9(2)14-7-11-6-12(17)16-13(15-11)10-4-3-5-18-8-10/h6,9-10,14H,3-5,7-8H2,1-2H3,(H,15,16,17). The van der Waals surface area contributed by atoms with Gasteiger partial charge in [0, 0.05) is 31.2 Å². The van der Waals surface area contributed by atoms with E-state index in [9.17, 15) is 4.79 Å². The summed E-state index contributed by atoms with van der Waals surface area (Å²) in [6, 6.07) is 1.94. The van der Waals surface area contributed by atoms with Gasteiger partial charge in [0.1, 0.15) is 5.82 Å². The molecule has 1 aromatic heterocycles. The molecule has 2 heterocycles. The number of hydrogen-bond donors (Lipinski definition) is 2. The number of hydrogen-bond acceptors (Lipinski definition) is 4. The second-order valence-corrected chi connectivity index (χ2v) is 5.07. The van der Waals surface area contributed by atoms with Gasteiger partial charge in [0.15, 0.2) is 0 Å². The molecule has 1 aliphatic heterocycles. The predicted octanol–water partition coefficient (Wildman–Crippen LogP) is 1.16. The zero-order valence-electron chi connectivity index (χ0n) is 11.0. The molecule has 0 bridgehead atoms. The molecule has 5 nitrogen and oxygen atoms in total. The predicted molar refractivity (Wildman–Crippen MR) is 69.6 cm³/mol. The lowest BCUT2D eigenvalue weighted by atomic mass is 10.0. The fourth-order valence-corrected chi connectivity index (χ4v) is 2.08. The van der Waals surface area contributed by atoms with Crippen molar-refractivity contribution in [3.05, 3.63) is 27.9 Å². The van der Waals surface area contributed by atoms with Crippen molar-refractivity contribution >= 4 is 0 Å². The first kappa shape index (κ1) is 13.2. The van der Waals surface area contributed by atoms with Crippen LogP contribution in [0.5, 0.6) is 0 Å². The highest BCUT2D eigenvalue weighted by Crippen LogP contribution is 2.21. The Morgan fingerprint density at radius 2 is 2.44 bits per heavy atom. The second-order valence-electron chi connectivity index (χ2n) is 5.07. The van der Waals surface area contributed by atoms with E-state index < -0.39 is 0 Å². The molecule has 0 aliphatic carbocycles. The molecule has 1 saturated heterocycles. The normalized spacial score (nSPS) is 20.3. The summed E-state index contributed by atoms with van der Waals surface area (Å²) in [6.07, 6.45) is 2.06. The molecule has 100 valence electrons. The molecule has 0 amide bonds. The van der Waals surface area contributed by atoms with E-state index >= 15 is 0 Å². The van der Waals surface area contributed by atoms with Gasteiger partial charge in [-0.15, -0.1) is 0 Å². The number of nitrogens with one attached hydrogen (secondary N) is 2. The number of nitrogens with zero attached hydrogens (tertiary/aromatic N) is 1. The van der Waals surface area contributed by atoms with Gasteiger partial charge in [0.05, 0.1) is 12.3 Å². The third-order valence-corrected chi connectivity index (χ3v) is 3.05. The smallest absolute Gasteiger partial charge is 0.251 e. The molecule has 0 radical (unpaired) electrons. The Morgan fingerprint density at radius 1 is 1.61 bits per heavy atom. The summed E-state index contributed by atoms with van der Waals surface area (Å²) < 4.78 is 5.44. The van der Waals surface area contributed by atoms with Crippen LogP contribution in [0.3, 0.4) is 0 Å². The molecule has 2 rings (SSSR count). The number of aromatic nitrogens is 2. The van der Waals surface area contributed by atoms with Gasteiger partial charge in [0.2, 0.25) is 0 Å². The topological polar surface area (TPSA) is 67.0 Å². The van der Waals surface area contributed by atoms with E-state index in [0.29, 0.717) is 19.2 Å². The Balaban J connectivity index is 2.12. The van der Waals surface area contributed by atoms with E-state index in [-0.39, 0.29) is 11.5 Å². The quantitative estimate of drug-likeness (QED) is 0.842. The minimum Gasteiger partial charge on any atom is -0.381 e. The van der Waals surface area contributed by atoms with Crippen molar-refractivity contribution < 1.29 is 4.74 Å². The van der Waals surface area contributed by atoms with Crippen molar-refractivity contribution in [3.8, 4) is 0 Å². The van der Waals surface area contributed by atoms with Crippen molar-refractivity contribution in [2.45, 2.75) is 45.2 Å². The summed E-state index contributed by atoms with van der Waals surface area (Å²) in [6.45, 7) is 6.24. The maximum absolute atomic E-state index is 11.6. The van der Waals surface area contributed by atoms with Crippen LogP contribution >= 0.6 is 0 Å². The summed E-state index contributed by atoms with van der Waals surface area (Å²) in [5, 5.41) is 3.27. The molecule has 1 aliphatic rings. The Hall–Kier alpha value is -1.20. The molecular formula is C13H21N3O2. The van der Waals surface area contributed by atoms with Crippen molar-refractivity contribution in [2.24, 2.45) is 0 Å². The molecule has 5 heteroatoms. The summed E-state index contributed by atoms with van der Waals surface area (Å²) >= 11 is 0. The van der Waals surface area contributed by atoms with Crippen molar-refractivity contribution in [3.63, 3.8) is 0 Å². The zero-order chi connectivity index (χ0) is 13.0. The maximum atomic E-state index is 11.6. The molecule has 18 heavy (non-hydrogen) atoms. The monoisotopic (exact) mass is 251 g/mol. The van der Waals surface area contributed by atoms with E-state index in [2.05, 4.69) is 29.1 Å². The van der Waals surface area contributed by atoms with Crippen LogP contribution < -0.4 is 10.9 Å². The molecule has 1 fully saturated rings. The van der Waals surface area contributed by atoms with Crippen LogP contribution in [-0.4, -0.2) is 29.2 Å². The highest BCUT2D eigenvalue weighted by Gasteiger charge is 2.18. The van der Waals surface area contributed by atoms with E-state index in [4.69, 9.17) is 4.74 Å². The van der Waals surface area contributed by atoms with Gasteiger partial charge in [-0.05, 0) is 12.8 Å². The SMILES string of the molecule is CC(C)NCc1cc(=O)[nH]c(C2CCCOC2)n1. The Morgan fingerprint density at radius 3 is 3.11 bits per heavy atom. The minimum absolute atomic E-state index is 0.0777. The van der Waals surface area contributed by atoms with Crippen LogP contribution in [-0.2, 0) is 11.3 Å². The molecule has 1 unspecified atom stereocenters. The first-order valence-electron chi connectivity index (χ1n) is 6.56. The van der Waals surface area contributed by atoms with E-state index in [0.717, 1.165) is 31.0 Å². The lowest BCUT2D eigenvalue weighted by Crippen LogP contribution is -2.26. The molecule has 0 spiro atoms. The van der Waals surface area contributed by atoms with Gasteiger partial charge in [-0.25, -0.2) is 4.98 Å². The average Bonchev–Trinajstić information content (AvgIpc) is 2.37. The molecule has 1 atom stereocenters. The van der Waals surface area contributed by atoms with Crippen LogP contribution in [0, 0.1) is 0 Å². The van der Waals surface area contributed by atoms with Crippen molar-refractivity contribution in [2.75, 3.05) is 13.2 Å². The fourth-order valence-electron chi connectivity index (χ4n) is 2.08. The highest BCUT2D eigenvalue weighted by atomic mass is 16.5. The van der Waals surface area contributed by atoms with Crippen LogP contribution in [0.15, 0.2) is 10.9 Å². The van der Waals surface area contributed by atoms with Crippen molar-refractivity contribution in [1.29, 1.82) is 0 Å². The molecule has 2 N–H and O–H groups in total. The highest BCUT2D eigenvalue weighted by molar-refractivity contribution is 5.06. The maximum Gasteiger partial charge on any atom is 0.251 e. The molecule has 0 aromatic carbocycles. The van der Waals surface area contributed by atoms with Gasteiger partial charge in [-0.1, -0.05) is 13.8 Å². The Kier molecular flexibility index (Phi) is 4.49. The summed E-state index contributed by atoms with van der Waals surface area (Å²) in [7, 11) is 0. The number of H-pyrrole nitrogens is 1. The van der Waals surface area contributed by atoms with E-state index in [1.165, 1.54) is 0 Å². The van der Waals surface area contributed by atoms with E-state index in [1.807, 2.05) is 0 Å². The third kappa shape index (κ3) is 3.65. The first-order chi connectivity index (χ1) is 8.65. The lowest BCUT2D eigenvalue weighted by Gasteiger charge is -2.21. The largest absolute Gasteiger partial charge is 0.381 e. The molecule has 0 saturated carbocycles. The Bertz CT molecular complexity index is 436. The van der Waals surface area contributed by atoms with Crippen LogP contribution in [0.4, 0.5) is 0 Å². The number of rotatable bonds is 4. The number of ether oxygens (including phenoxy) is 1. The molecule has 1 aromatic rings. The van der Waals surface area contributed by atoms with Crippen LogP contribution in [0.1, 0.15) is 44.1 Å². The molecular weight excluding hydrogens is 230 g/mol. The van der Waals surface area contributed by atoms with Gasteiger partial charge < -0.3 is 15.0 Å². The lowest BCUT2D eigenvalue weighted by molar-refractivity contribution is 0.0779. The van der Waals surface area contributed by atoms with Crippen LogP contribution in [0.2, 0.25) is 0 Å². The zero-order valence-corrected chi connectivity index (χ0v) is 11.0. The van der Waals surface area contributed by atoms with Gasteiger partial charge in [-0.3, -0.25) is 4.79 Å². The van der Waals surface area contributed by atoms with Gasteiger partial charge in [0.25, 0.3) is 5.56 Å². The summed E-state index contributed by atoms with van der Waals surface area (Å²) in [5.74, 6) is 0.994. The van der Waals surface area contributed by atoms with E-state index in [1.54, 1.807) is 6.07 Å². The average molecular weight is 251 g/mol. The number of aromatic amines is 1. The van der Waals surface area contributed by atoms with Gasteiger partial charge >= 0.3 is 0 Å². The fraction of sp³-hybridized carbons (Fsp3) is 0.692. The first-order valence-corrected chi connectivity index (χ1v) is 6.56. The second kappa shape index (κ2) is 6.11. The Labute approximate surface area is 107 Å². The minimum atomic E-state index is -0.0777. The third-order valence-electron chi connectivity index (χ3n) is 3.05. The van der Waals surface area contributed by atoms with Gasteiger partial charge in [-0.2, -0.15) is 0 Å². The summed E-state index contributed by atoms with van der Waals surface area (Å²) in [5.41, 5.74) is 0.721. The summed E-state index contributed by atoms with van der Waals surface area (Å²) in [4.78, 5) is 19.0. The van der Waals surface area contributed by atoms with Crippen molar-refractivity contribution in [1.82, 2.24) is 15.3 Å². The van der Waals surface area contributed by atoms with Crippen LogP contribution in [0.25, 0.3) is 0 Å².